The summed E-state index contributed by atoms with van der Waals surface area (Å²) in [6, 6.07) is 8.49. The first-order valence-corrected chi connectivity index (χ1v) is 8.63. The molecule has 2 aromatic carbocycles. The van der Waals surface area contributed by atoms with Crippen LogP contribution in [0.3, 0.4) is 0 Å². The summed E-state index contributed by atoms with van der Waals surface area (Å²) < 4.78 is 34.2. The van der Waals surface area contributed by atoms with Crippen LogP contribution in [0.1, 0.15) is 20.8 Å². The Morgan fingerprint density at radius 2 is 1.79 bits per heavy atom. The minimum atomic E-state index is -0.996. The summed E-state index contributed by atoms with van der Waals surface area (Å²) >= 11 is 0. The molecule has 3 rings (SSSR count). The van der Waals surface area contributed by atoms with Crippen LogP contribution in [0.2, 0.25) is 0 Å². The van der Waals surface area contributed by atoms with Crippen LogP contribution < -0.4 is 15.3 Å². The third-order valence-electron chi connectivity index (χ3n) is 4.07. The van der Waals surface area contributed by atoms with E-state index in [2.05, 4.69) is 10.4 Å². The van der Waals surface area contributed by atoms with Crippen molar-refractivity contribution in [3.63, 3.8) is 0 Å². The number of hydrogen-bond donors (Lipinski definition) is 0. The van der Waals surface area contributed by atoms with E-state index in [-0.39, 0.29) is 17.1 Å². The smallest absolute Gasteiger partial charge is 0.377 e. The Balaban J connectivity index is 2.12. The Hall–Kier alpha value is -3.56. The van der Waals surface area contributed by atoms with Gasteiger partial charge in [-0.3, -0.25) is 4.90 Å². The lowest BCUT2D eigenvalue weighted by molar-refractivity contribution is 0.238. The molecule has 0 radical (unpaired) electrons. The Labute approximate surface area is 164 Å². The molecule has 0 atom stereocenters. The van der Waals surface area contributed by atoms with E-state index in [1.165, 1.54) is 48.4 Å². The van der Waals surface area contributed by atoms with E-state index in [0.717, 1.165) is 6.07 Å². The molecule has 152 valence electrons. The molecule has 1 aromatic heterocycles. The van der Waals surface area contributed by atoms with E-state index in [1.54, 1.807) is 20.8 Å². The number of para-hydroxylation sites is 1. The molecule has 0 N–H and O–H groups in total. The minimum absolute atomic E-state index is 0.0457. The maximum Gasteiger partial charge on any atom is 0.377 e. The predicted octanol–water partition coefficient (Wildman–Crippen LogP) is 2.99. The second kappa shape index (κ2) is 7.46. The topological polar surface area (TPSA) is 82.2 Å². The molecule has 0 aliphatic rings. The van der Waals surface area contributed by atoms with Gasteiger partial charge in [-0.05, 0) is 61.5 Å². The van der Waals surface area contributed by atoms with Crippen molar-refractivity contribution in [3.8, 4) is 11.4 Å². The van der Waals surface area contributed by atoms with Gasteiger partial charge in [0.25, 0.3) is 0 Å². The Bertz CT molecular complexity index is 1120. The van der Waals surface area contributed by atoms with Crippen LogP contribution in [0, 0.1) is 11.6 Å². The van der Waals surface area contributed by atoms with Crippen molar-refractivity contribution in [1.82, 2.24) is 19.8 Å². The maximum absolute atomic E-state index is 14.3. The van der Waals surface area contributed by atoms with Crippen molar-refractivity contribution in [2.75, 3.05) is 12.0 Å². The van der Waals surface area contributed by atoms with Crippen molar-refractivity contribution in [1.29, 1.82) is 0 Å². The zero-order valence-corrected chi connectivity index (χ0v) is 16.3. The molecule has 0 unspecified atom stereocenters. The number of rotatable bonds is 3. The zero-order valence-electron chi connectivity index (χ0n) is 16.3. The van der Waals surface area contributed by atoms with Crippen molar-refractivity contribution in [2.45, 2.75) is 26.3 Å². The number of amides is 1. The van der Waals surface area contributed by atoms with Gasteiger partial charge in [0.2, 0.25) is 0 Å². The van der Waals surface area contributed by atoms with Crippen molar-refractivity contribution < 1.29 is 18.3 Å². The maximum atomic E-state index is 14.3. The summed E-state index contributed by atoms with van der Waals surface area (Å²) in [5.41, 5.74) is -1.87. The molecule has 1 amide bonds. The monoisotopic (exact) mass is 403 g/mol. The number of hydrogen-bond acceptors (Lipinski definition) is 5. The van der Waals surface area contributed by atoms with Gasteiger partial charge in [0, 0.05) is 11.2 Å². The molecule has 29 heavy (non-hydrogen) atoms. The summed E-state index contributed by atoms with van der Waals surface area (Å²) in [6.07, 6.45) is 0. The molecule has 8 nitrogen and oxygen atoms in total. The zero-order chi connectivity index (χ0) is 21.3. The van der Waals surface area contributed by atoms with Gasteiger partial charge in [-0.15, -0.1) is 4.68 Å². The first-order valence-electron chi connectivity index (χ1n) is 8.63. The molecular weight excluding hydrogens is 384 g/mol. The minimum Gasteiger partial charge on any atom is -0.494 e. The highest BCUT2D eigenvalue weighted by Gasteiger charge is 2.32. The molecule has 0 saturated carbocycles. The second-order valence-electron chi connectivity index (χ2n) is 7.14. The van der Waals surface area contributed by atoms with Crippen LogP contribution in [0.5, 0.6) is 5.75 Å². The van der Waals surface area contributed by atoms with Crippen molar-refractivity contribution in [2.24, 2.45) is 0 Å². The summed E-state index contributed by atoms with van der Waals surface area (Å²) in [5, 5.41) is 7.23. The van der Waals surface area contributed by atoms with Gasteiger partial charge in [-0.1, -0.05) is 12.1 Å². The van der Waals surface area contributed by atoms with Crippen LogP contribution >= 0.6 is 0 Å². The number of aromatic nitrogens is 4. The Kier molecular flexibility index (Phi) is 5.19. The van der Waals surface area contributed by atoms with E-state index in [9.17, 15) is 18.4 Å². The van der Waals surface area contributed by atoms with E-state index >= 15 is 0 Å². The molecule has 10 heteroatoms. The average Bonchev–Trinajstić information content (AvgIpc) is 3.01. The number of methoxy groups -OCH3 is 1. The van der Waals surface area contributed by atoms with Gasteiger partial charge in [0.15, 0.2) is 5.82 Å². The summed E-state index contributed by atoms with van der Waals surface area (Å²) in [5.74, 6) is -1.27. The predicted molar refractivity (Wildman–Crippen MR) is 102 cm³/mol. The number of ether oxygens (including phenoxy) is 1. The summed E-state index contributed by atoms with van der Waals surface area (Å²) in [7, 11) is 1.31. The van der Waals surface area contributed by atoms with Gasteiger partial charge in [-0.2, -0.15) is 4.68 Å². The molecule has 0 aliphatic heterocycles. The van der Waals surface area contributed by atoms with E-state index in [0.29, 0.717) is 9.36 Å². The van der Waals surface area contributed by atoms with Gasteiger partial charge in [-0.25, -0.2) is 18.4 Å². The molecule has 0 spiro atoms. The van der Waals surface area contributed by atoms with Crippen LogP contribution in [-0.2, 0) is 0 Å². The molecule has 0 bridgehead atoms. The first kappa shape index (κ1) is 20.2. The fourth-order valence-electron chi connectivity index (χ4n) is 2.87. The highest BCUT2D eigenvalue weighted by molar-refractivity contribution is 5.94. The highest BCUT2D eigenvalue weighted by Crippen LogP contribution is 2.26. The average molecular weight is 403 g/mol. The second-order valence-corrected chi connectivity index (χ2v) is 7.14. The number of carbonyl (C=O) groups is 1. The molecule has 0 fully saturated rings. The number of carbonyl (C=O) groups excluding carboxylic acids is 1. The van der Waals surface area contributed by atoms with Gasteiger partial charge in [0.05, 0.1) is 7.11 Å². The van der Waals surface area contributed by atoms with Crippen LogP contribution in [0.4, 0.5) is 19.3 Å². The third kappa shape index (κ3) is 3.73. The first-order chi connectivity index (χ1) is 13.6. The largest absolute Gasteiger partial charge is 0.494 e. The van der Waals surface area contributed by atoms with Crippen molar-refractivity contribution in [3.05, 3.63) is 64.6 Å². The molecule has 0 aliphatic carbocycles. The number of tetrazole rings is 1. The van der Waals surface area contributed by atoms with Crippen LogP contribution in [0.25, 0.3) is 5.69 Å². The molecule has 0 saturated heterocycles. The number of halogens is 2. The lowest BCUT2D eigenvalue weighted by Gasteiger charge is -2.34. The van der Waals surface area contributed by atoms with E-state index < -0.39 is 28.9 Å². The lowest BCUT2D eigenvalue weighted by Crippen LogP contribution is -2.50. The van der Waals surface area contributed by atoms with E-state index in [1.807, 2.05) is 0 Å². The lowest BCUT2D eigenvalue weighted by atomic mass is 10.1. The molecule has 3 aromatic rings. The Morgan fingerprint density at radius 3 is 2.41 bits per heavy atom. The number of anilines is 1. The number of benzene rings is 2. The standard InChI is InChI=1S/C19H19F2N5O3/c1-19(2,3)24(13-8-5-7-12(20)11-13)17(27)26-18(28)25(22-23-26)16-14(21)9-6-10-15(16)29-4/h5-11H,1-4H3. The van der Waals surface area contributed by atoms with Gasteiger partial charge < -0.3 is 4.74 Å². The summed E-state index contributed by atoms with van der Waals surface area (Å²) in [6.45, 7) is 5.14. The van der Waals surface area contributed by atoms with Crippen molar-refractivity contribution >= 4 is 11.7 Å². The van der Waals surface area contributed by atoms with Gasteiger partial charge >= 0.3 is 11.7 Å². The number of nitrogens with zero attached hydrogens (tertiary/aromatic N) is 5. The fraction of sp³-hybridized carbons (Fsp3) is 0.263. The fourth-order valence-corrected chi connectivity index (χ4v) is 2.87. The highest BCUT2D eigenvalue weighted by atomic mass is 19.1. The quantitative estimate of drug-likeness (QED) is 0.628. The van der Waals surface area contributed by atoms with Crippen LogP contribution in [0.15, 0.2) is 47.3 Å². The normalized spacial score (nSPS) is 11.4. The van der Waals surface area contributed by atoms with E-state index in [4.69, 9.17) is 4.74 Å². The SMILES string of the molecule is COc1cccc(F)c1-n1nnn(C(=O)N(c2cccc(F)c2)C(C)(C)C)c1=O. The molecular formula is C19H19F2N5O3. The Morgan fingerprint density at radius 1 is 1.10 bits per heavy atom. The summed E-state index contributed by atoms with van der Waals surface area (Å²) in [4.78, 5) is 27.2. The molecule has 1 heterocycles. The van der Waals surface area contributed by atoms with Gasteiger partial charge in [0.1, 0.15) is 17.3 Å². The third-order valence-corrected chi connectivity index (χ3v) is 4.07. The van der Waals surface area contributed by atoms with Crippen LogP contribution in [-0.4, -0.2) is 38.5 Å².